The van der Waals surface area contributed by atoms with Crippen LogP contribution >= 0.6 is 11.6 Å². The Morgan fingerprint density at radius 1 is 1.17 bits per heavy atom. The Hall–Kier alpha value is -3.17. The summed E-state index contributed by atoms with van der Waals surface area (Å²) in [5, 5.41) is 14.0. The number of amides is 1. The van der Waals surface area contributed by atoms with Crippen LogP contribution in [0.15, 0.2) is 56.8 Å². The summed E-state index contributed by atoms with van der Waals surface area (Å²) in [5.41, 5.74) is 0.174. The number of benzene rings is 2. The fraction of sp³-hybridized carbons (Fsp3) is 0.407. The number of fused-ring (bicyclic) bond motifs is 1. The molecule has 0 saturated heterocycles. The number of rotatable bonds is 9. The average Bonchev–Trinajstić information content (AvgIpc) is 3.28. The lowest BCUT2D eigenvalue weighted by Crippen LogP contribution is -2.50. The molecule has 2 aromatic carbocycles. The van der Waals surface area contributed by atoms with Gasteiger partial charge in [0.25, 0.3) is 15.9 Å². The first kappa shape index (κ1) is 31.8. The van der Waals surface area contributed by atoms with Gasteiger partial charge in [-0.3, -0.25) is 9.52 Å². The van der Waals surface area contributed by atoms with Crippen LogP contribution in [0.2, 0.25) is 5.02 Å². The number of aryl methyl sites for hydroxylation is 2. The lowest BCUT2D eigenvalue weighted by molar-refractivity contribution is 0.0389. The Morgan fingerprint density at radius 2 is 1.83 bits per heavy atom. The van der Waals surface area contributed by atoms with Crippen molar-refractivity contribution >= 4 is 43.2 Å². The molecule has 12 nitrogen and oxygen atoms in total. The molecule has 228 valence electrons. The number of sulfonamides is 2. The van der Waals surface area contributed by atoms with Crippen molar-refractivity contribution in [2.75, 3.05) is 31.5 Å². The highest BCUT2D eigenvalue weighted by molar-refractivity contribution is 7.92. The quantitative estimate of drug-likeness (QED) is 0.358. The molecule has 2 N–H and O–H groups in total. The topological polar surface area (TPSA) is 159 Å². The molecule has 0 fully saturated rings. The fourth-order valence-electron chi connectivity index (χ4n) is 4.73. The zero-order valence-corrected chi connectivity index (χ0v) is 26.1. The summed E-state index contributed by atoms with van der Waals surface area (Å²) in [6.45, 7) is 6.13. The zero-order chi connectivity index (χ0) is 31.0. The predicted molar refractivity (Wildman–Crippen MR) is 156 cm³/mol. The summed E-state index contributed by atoms with van der Waals surface area (Å²) in [6.07, 6.45) is -0.831. The number of aromatic nitrogens is 1. The highest BCUT2D eigenvalue weighted by atomic mass is 35.5. The molecular formula is C27H33ClN4O8S2. The van der Waals surface area contributed by atoms with Gasteiger partial charge in [-0.05, 0) is 57.2 Å². The lowest BCUT2D eigenvalue weighted by Gasteiger charge is -2.38. The van der Waals surface area contributed by atoms with E-state index in [4.69, 9.17) is 20.9 Å². The minimum Gasteiger partial charge on any atom is -0.486 e. The number of hydrogen-bond acceptors (Lipinski definition) is 9. The second-order valence-corrected chi connectivity index (χ2v) is 14.4. The smallest absolute Gasteiger partial charge is 0.267 e. The van der Waals surface area contributed by atoms with Gasteiger partial charge in [-0.1, -0.05) is 29.7 Å². The van der Waals surface area contributed by atoms with E-state index in [0.717, 1.165) is 4.31 Å². The summed E-state index contributed by atoms with van der Waals surface area (Å²) in [4.78, 5) is 15.1. The van der Waals surface area contributed by atoms with Crippen LogP contribution in [0.4, 0.5) is 5.69 Å². The SMILES string of the molecule is Cc1noc(C)c1S(=O)(=O)Nc1cccc2c1O[C@H](CN(C)S(=O)(=O)c1ccc(Cl)cc1)[C@H](C)CN([C@@H](C)CO)C2=O. The van der Waals surface area contributed by atoms with Crippen molar-refractivity contribution in [3.63, 3.8) is 0 Å². The normalized spacial score (nSPS) is 18.7. The summed E-state index contributed by atoms with van der Waals surface area (Å²) < 4.78 is 68.5. The Balaban J connectivity index is 1.78. The van der Waals surface area contributed by atoms with Crippen LogP contribution in [0.25, 0.3) is 0 Å². The Labute approximate surface area is 250 Å². The number of aliphatic hydroxyl groups excluding tert-OH is 1. The second kappa shape index (κ2) is 12.2. The van der Waals surface area contributed by atoms with Crippen molar-refractivity contribution in [2.24, 2.45) is 5.92 Å². The minimum atomic E-state index is -4.22. The Kier molecular flexibility index (Phi) is 9.23. The third kappa shape index (κ3) is 6.27. The maximum absolute atomic E-state index is 13.7. The number of likely N-dealkylation sites (N-methyl/N-ethyl adjacent to an activating group) is 1. The number of aliphatic hydroxyl groups is 1. The summed E-state index contributed by atoms with van der Waals surface area (Å²) in [6, 6.07) is 9.61. The predicted octanol–water partition coefficient (Wildman–Crippen LogP) is 3.29. The number of nitrogens with zero attached hydrogens (tertiary/aromatic N) is 3. The molecule has 0 unspecified atom stereocenters. The van der Waals surface area contributed by atoms with Crippen molar-refractivity contribution in [1.29, 1.82) is 0 Å². The van der Waals surface area contributed by atoms with Gasteiger partial charge in [0.2, 0.25) is 10.0 Å². The highest BCUT2D eigenvalue weighted by Crippen LogP contribution is 2.37. The standard InChI is InChI=1S/C27H33ClN4O8S2/c1-16-13-32(17(2)15-33)27(34)22-7-6-8-23(30-41(35,36)26-18(3)29-40-19(26)4)25(22)39-24(16)14-31(5)42(37,38)21-11-9-20(28)10-12-21/h6-12,16-17,24,30,33H,13-15H2,1-5H3/t16-,17+,24-/m1/s1. The summed E-state index contributed by atoms with van der Waals surface area (Å²) in [7, 11) is -6.77. The molecule has 1 aromatic heterocycles. The van der Waals surface area contributed by atoms with Crippen molar-refractivity contribution in [3.8, 4) is 5.75 Å². The number of hydrogen-bond donors (Lipinski definition) is 2. The Morgan fingerprint density at radius 3 is 2.43 bits per heavy atom. The van der Waals surface area contributed by atoms with Crippen LogP contribution < -0.4 is 9.46 Å². The molecular weight excluding hydrogens is 608 g/mol. The van der Waals surface area contributed by atoms with Crippen LogP contribution in [0, 0.1) is 19.8 Å². The van der Waals surface area contributed by atoms with E-state index < -0.39 is 44.0 Å². The molecule has 3 aromatic rings. The summed E-state index contributed by atoms with van der Waals surface area (Å²) >= 11 is 5.94. The van der Waals surface area contributed by atoms with Gasteiger partial charge in [0.1, 0.15) is 11.8 Å². The van der Waals surface area contributed by atoms with E-state index in [0.29, 0.717) is 5.02 Å². The first-order valence-corrected chi connectivity index (χ1v) is 16.4. The number of nitrogens with one attached hydrogen (secondary N) is 1. The first-order valence-electron chi connectivity index (χ1n) is 13.1. The third-order valence-corrected chi connectivity index (χ3v) is 10.8. The van der Waals surface area contributed by atoms with Gasteiger partial charge in [0, 0.05) is 24.5 Å². The average molecular weight is 641 g/mol. The minimum absolute atomic E-state index is 0.0280. The van der Waals surface area contributed by atoms with Gasteiger partial charge in [-0.25, -0.2) is 16.8 Å². The molecule has 0 aliphatic carbocycles. The van der Waals surface area contributed by atoms with Gasteiger partial charge < -0.3 is 19.3 Å². The molecule has 1 aliphatic rings. The van der Waals surface area contributed by atoms with E-state index in [9.17, 15) is 26.7 Å². The molecule has 4 rings (SSSR count). The maximum Gasteiger partial charge on any atom is 0.267 e. The molecule has 0 spiro atoms. The van der Waals surface area contributed by atoms with E-state index >= 15 is 0 Å². The second-order valence-electron chi connectivity index (χ2n) is 10.3. The van der Waals surface area contributed by atoms with Crippen LogP contribution in [0.5, 0.6) is 5.75 Å². The number of carbonyl (C=O) groups is 1. The van der Waals surface area contributed by atoms with E-state index in [1.54, 1.807) is 13.8 Å². The van der Waals surface area contributed by atoms with Gasteiger partial charge in [0.05, 0.1) is 35.3 Å². The van der Waals surface area contributed by atoms with Crippen molar-refractivity contribution in [2.45, 2.75) is 49.6 Å². The molecule has 1 aliphatic heterocycles. The van der Waals surface area contributed by atoms with Crippen LogP contribution in [-0.4, -0.2) is 81.1 Å². The van der Waals surface area contributed by atoms with Crippen LogP contribution in [-0.2, 0) is 20.0 Å². The first-order chi connectivity index (χ1) is 19.7. The van der Waals surface area contributed by atoms with Gasteiger partial charge in [-0.2, -0.15) is 4.31 Å². The van der Waals surface area contributed by atoms with Gasteiger partial charge in [-0.15, -0.1) is 0 Å². The molecule has 15 heteroatoms. The number of ether oxygens (including phenoxy) is 1. The van der Waals surface area contributed by atoms with E-state index in [2.05, 4.69) is 9.88 Å². The van der Waals surface area contributed by atoms with Crippen LogP contribution in [0.3, 0.4) is 0 Å². The van der Waals surface area contributed by atoms with E-state index in [1.165, 1.54) is 68.3 Å². The third-order valence-electron chi connectivity index (χ3n) is 7.13. The number of anilines is 1. The van der Waals surface area contributed by atoms with E-state index in [1.807, 2.05) is 0 Å². The summed E-state index contributed by atoms with van der Waals surface area (Å²) in [5.74, 6) is -0.898. The monoisotopic (exact) mass is 640 g/mol. The molecule has 0 radical (unpaired) electrons. The number of carbonyl (C=O) groups excluding carboxylic acids is 1. The number of halogens is 1. The molecule has 0 saturated carbocycles. The maximum atomic E-state index is 13.7. The molecule has 0 bridgehead atoms. The molecule has 3 atom stereocenters. The fourth-order valence-corrected chi connectivity index (χ4v) is 7.44. The highest BCUT2D eigenvalue weighted by Gasteiger charge is 2.37. The largest absolute Gasteiger partial charge is 0.486 e. The molecule has 1 amide bonds. The molecule has 42 heavy (non-hydrogen) atoms. The van der Waals surface area contributed by atoms with Crippen LogP contribution in [0.1, 0.15) is 35.7 Å². The molecule has 2 heterocycles. The zero-order valence-electron chi connectivity index (χ0n) is 23.7. The van der Waals surface area contributed by atoms with E-state index in [-0.39, 0.29) is 57.9 Å². The van der Waals surface area contributed by atoms with Crippen molar-refractivity contribution in [1.82, 2.24) is 14.4 Å². The van der Waals surface area contributed by atoms with Crippen molar-refractivity contribution in [3.05, 3.63) is 64.5 Å². The van der Waals surface area contributed by atoms with Crippen molar-refractivity contribution < 1.29 is 36.0 Å². The van der Waals surface area contributed by atoms with Gasteiger partial charge >= 0.3 is 0 Å². The van der Waals surface area contributed by atoms with Gasteiger partial charge in [0.15, 0.2) is 16.4 Å². The number of para-hydroxylation sites is 1. The Bertz CT molecular complexity index is 1660. The lowest BCUT2D eigenvalue weighted by atomic mass is 9.99.